The number of hydrazine groups is 2. The minimum atomic E-state index is -1.12. The summed E-state index contributed by atoms with van der Waals surface area (Å²) < 4.78 is 0. The molecule has 4 N–H and O–H groups in total. The average molecular weight is 251 g/mol. The SMILES string of the molecule is O=C(O)CC(CN1NNc2ccccc21)C(=O)O. The molecule has 0 fully saturated rings. The van der Waals surface area contributed by atoms with E-state index in [4.69, 9.17) is 10.2 Å². The number of benzene rings is 1. The standard InChI is InChI=1S/C11H13N3O4/c15-10(16)5-7(11(17)18)6-14-9-4-2-1-3-8(9)12-13-14/h1-4,7,12-13H,5-6H2,(H,15,16)(H,17,18). The largest absolute Gasteiger partial charge is 0.481 e. The van der Waals surface area contributed by atoms with Gasteiger partial charge >= 0.3 is 11.9 Å². The number of carboxylic acids is 2. The summed E-state index contributed by atoms with van der Waals surface area (Å²) in [5, 5.41) is 19.3. The van der Waals surface area contributed by atoms with E-state index in [1.54, 1.807) is 5.01 Å². The number of carboxylic acid groups (broad SMARTS) is 2. The van der Waals surface area contributed by atoms with Crippen molar-refractivity contribution in [2.24, 2.45) is 5.92 Å². The van der Waals surface area contributed by atoms with Crippen molar-refractivity contribution in [3.63, 3.8) is 0 Å². The Morgan fingerprint density at radius 2 is 2.00 bits per heavy atom. The predicted molar refractivity (Wildman–Crippen MR) is 63.9 cm³/mol. The van der Waals surface area contributed by atoms with E-state index in [1.165, 1.54) is 0 Å². The van der Waals surface area contributed by atoms with Crippen LogP contribution in [0.1, 0.15) is 6.42 Å². The summed E-state index contributed by atoms with van der Waals surface area (Å²) in [4.78, 5) is 21.6. The molecule has 1 heterocycles. The highest BCUT2D eigenvalue weighted by molar-refractivity contribution is 5.79. The third-order valence-electron chi connectivity index (χ3n) is 2.69. The van der Waals surface area contributed by atoms with Crippen molar-refractivity contribution in [1.29, 1.82) is 0 Å². The smallest absolute Gasteiger partial charge is 0.308 e. The molecule has 1 unspecified atom stereocenters. The number of carbonyl (C=O) groups is 2. The van der Waals surface area contributed by atoms with Crippen molar-refractivity contribution in [2.45, 2.75) is 6.42 Å². The van der Waals surface area contributed by atoms with Gasteiger partial charge in [0.15, 0.2) is 0 Å². The molecule has 0 saturated carbocycles. The fourth-order valence-corrected chi connectivity index (χ4v) is 1.81. The number of aliphatic carboxylic acids is 2. The third kappa shape index (κ3) is 2.51. The lowest BCUT2D eigenvalue weighted by Gasteiger charge is -2.21. The Hall–Kier alpha value is -2.28. The molecule has 7 nitrogen and oxygen atoms in total. The monoisotopic (exact) mass is 251 g/mol. The maximum Gasteiger partial charge on any atom is 0.308 e. The van der Waals surface area contributed by atoms with Crippen LogP contribution in [0.15, 0.2) is 24.3 Å². The second-order valence-corrected chi connectivity index (χ2v) is 4.00. The van der Waals surface area contributed by atoms with Crippen molar-refractivity contribution in [1.82, 2.24) is 5.53 Å². The van der Waals surface area contributed by atoms with E-state index in [1.807, 2.05) is 24.3 Å². The normalized spacial score (nSPS) is 14.8. The van der Waals surface area contributed by atoms with Crippen molar-refractivity contribution in [3.8, 4) is 0 Å². The van der Waals surface area contributed by atoms with Crippen LogP contribution < -0.4 is 16.0 Å². The lowest BCUT2D eigenvalue weighted by atomic mass is 10.1. The molecule has 0 aliphatic carbocycles. The van der Waals surface area contributed by atoms with Crippen LogP contribution in [-0.4, -0.2) is 28.7 Å². The Labute approximate surface area is 103 Å². The number of nitrogens with one attached hydrogen (secondary N) is 2. The second kappa shape index (κ2) is 4.92. The van der Waals surface area contributed by atoms with Gasteiger partial charge in [-0.15, -0.1) is 5.53 Å². The maximum atomic E-state index is 11.0. The summed E-state index contributed by atoms with van der Waals surface area (Å²) in [6.07, 6.45) is -0.407. The van der Waals surface area contributed by atoms with E-state index in [0.29, 0.717) is 0 Å². The Balaban J connectivity index is 2.09. The number of para-hydroxylation sites is 2. The van der Waals surface area contributed by atoms with Gasteiger partial charge in [0.25, 0.3) is 0 Å². The van der Waals surface area contributed by atoms with E-state index in [9.17, 15) is 9.59 Å². The van der Waals surface area contributed by atoms with E-state index < -0.39 is 24.3 Å². The molecule has 0 aromatic heterocycles. The zero-order chi connectivity index (χ0) is 13.1. The van der Waals surface area contributed by atoms with Gasteiger partial charge in [-0.3, -0.25) is 14.6 Å². The molecule has 1 aromatic carbocycles. The van der Waals surface area contributed by atoms with Crippen LogP contribution in [0.5, 0.6) is 0 Å². The van der Waals surface area contributed by atoms with Crippen LogP contribution in [0.2, 0.25) is 0 Å². The van der Waals surface area contributed by atoms with Crippen molar-refractivity contribution in [3.05, 3.63) is 24.3 Å². The zero-order valence-corrected chi connectivity index (χ0v) is 9.46. The molecule has 1 aliphatic heterocycles. The third-order valence-corrected chi connectivity index (χ3v) is 2.69. The Morgan fingerprint density at radius 3 is 2.67 bits per heavy atom. The fraction of sp³-hybridized carbons (Fsp3) is 0.273. The first-order chi connectivity index (χ1) is 8.58. The number of anilines is 2. The van der Waals surface area contributed by atoms with E-state index >= 15 is 0 Å². The van der Waals surface area contributed by atoms with Gasteiger partial charge < -0.3 is 15.6 Å². The zero-order valence-electron chi connectivity index (χ0n) is 9.46. The number of fused-ring (bicyclic) bond motifs is 1. The molecule has 0 spiro atoms. The lowest BCUT2D eigenvalue weighted by Crippen LogP contribution is -2.42. The summed E-state index contributed by atoms with van der Waals surface area (Å²) >= 11 is 0. The van der Waals surface area contributed by atoms with Crippen LogP contribution in [0, 0.1) is 5.92 Å². The first-order valence-electron chi connectivity index (χ1n) is 5.40. The minimum absolute atomic E-state index is 0.0750. The molecule has 2 rings (SSSR count). The van der Waals surface area contributed by atoms with Gasteiger partial charge in [-0.05, 0) is 12.1 Å². The average Bonchev–Trinajstić information content (AvgIpc) is 2.71. The molecule has 1 aliphatic rings. The quantitative estimate of drug-likeness (QED) is 0.604. The van der Waals surface area contributed by atoms with Gasteiger partial charge in [-0.1, -0.05) is 12.1 Å². The summed E-state index contributed by atoms with van der Waals surface area (Å²) in [7, 11) is 0. The van der Waals surface area contributed by atoms with E-state index in [0.717, 1.165) is 11.4 Å². The number of hydrogen-bond acceptors (Lipinski definition) is 5. The Bertz CT molecular complexity index is 477. The predicted octanol–water partition coefficient (Wildman–Crippen LogP) is 0.514. The molecule has 0 radical (unpaired) electrons. The molecular weight excluding hydrogens is 238 g/mol. The highest BCUT2D eigenvalue weighted by Gasteiger charge is 2.27. The van der Waals surface area contributed by atoms with Gasteiger partial charge in [0.2, 0.25) is 0 Å². The number of rotatable bonds is 5. The van der Waals surface area contributed by atoms with Gasteiger partial charge in [0.05, 0.1) is 30.3 Å². The van der Waals surface area contributed by atoms with Crippen LogP contribution in [-0.2, 0) is 9.59 Å². The lowest BCUT2D eigenvalue weighted by molar-refractivity contribution is -0.147. The number of hydrogen-bond donors (Lipinski definition) is 4. The van der Waals surface area contributed by atoms with Crippen molar-refractivity contribution in [2.75, 3.05) is 17.0 Å². The Morgan fingerprint density at radius 1 is 1.28 bits per heavy atom. The van der Waals surface area contributed by atoms with Crippen LogP contribution >= 0.6 is 0 Å². The van der Waals surface area contributed by atoms with Gasteiger partial charge in [-0.2, -0.15) is 0 Å². The van der Waals surface area contributed by atoms with E-state index in [-0.39, 0.29) is 6.54 Å². The molecule has 1 atom stereocenters. The molecule has 18 heavy (non-hydrogen) atoms. The molecule has 7 heteroatoms. The highest BCUT2D eigenvalue weighted by Crippen LogP contribution is 2.28. The van der Waals surface area contributed by atoms with Gasteiger partial charge in [0, 0.05) is 0 Å². The topological polar surface area (TPSA) is 102 Å². The van der Waals surface area contributed by atoms with Crippen LogP contribution in [0.3, 0.4) is 0 Å². The van der Waals surface area contributed by atoms with Gasteiger partial charge in [-0.25, -0.2) is 0 Å². The highest BCUT2D eigenvalue weighted by atomic mass is 16.4. The van der Waals surface area contributed by atoms with E-state index in [2.05, 4.69) is 11.0 Å². The second-order valence-electron chi connectivity index (χ2n) is 4.00. The van der Waals surface area contributed by atoms with Gasteiger partial charge in [0.1, 0.15) is 0 Å². The first kappa shape index (κ1) is 12.2. The minimum Gasteiger partial charge on any atom is -0.481 e. The summed E-state index contributed by atoms with van der Waals surface area (Å²) in [5.74, 6) is -3.21. The molecule has 1 aromatic rings. The first-order valence-corrected chi connectivity index (χ1v) is 5.40. The van der Waals surface area contributed by atoms with Crippen LogP contribution in [0.4, 0.5) is 11.4 Å². The van der Waals surface area contributed by atoms with Crippen molar-refractivity contribution < 1.29 is 19.8 Å². The molecule has 0 amide bonds. The molecule has 96 valence electrons. The number of nitrogens with zero attached hydrogens (tertiary/aromatic N) is 1. The molecule has 0 saturated heterocycles. The van der Waals surface area contributed by atoms with Crippen molar-refractivity contribution >= 4 is 23.3 Å². The fourth-order valence-electron chi connectivity index (χ4n) is 1.81. The molecule has 0 bridgehead atoms. The van der Waals surface area contributed by atoms with Crippen LogP contribution in [0.25, 0.3) is 0 Å². The maximum absolute atomic E-state index is 11.0. The summed E-state index contributed by atoms with van der Waals surface area (Å²) in [5.41, 5.74) is 7.32. The summed E-state index contributed by atoms with van der Waals surface area (Å²) in [6.45, 7) is 0.0750. The Kier molecular flexibility index (Phi) is 3.33. The summed E-state index contributed by atoms with van der Waals surface area (Å²) in [6, 6.07) is 7.34. The molecular formula is C11H13N3O4.